The van der Waals surface area contributed by atoms with Crippen LogP contribution in [-0.4, -0.2) is 39.0 Å². The molecule has 9 nitrogen and oxygen atoms in total. The second-order valence-corrected chi connectivity index (χ2v) is 11.5. The lowest BCUT2D eigenvalue weighted by Gasteiger charge is -2.25. The number of benzene rings is 3. The molecule has 0 spiro atoms. The van der Waals surface area contributed by atoms with Gasteiger partial charge in [-0.1, -0.05) is 67.0 Å². The predicted octanol–water partition coefficient (Wildman–Crippen LogP) is 6.29. The average Bonchev–Trinajstić information content (AvgIpc) is 3.44. The van der Waals surface area contributed by atoms with Crippen LogP contribution in [0, 0.1) is 6.92 Å². The van der Waals surface area contributed by atoms with Crippen LogP contribution in [0.2, 0.25) is 0 Å². The van der Waals surface area contributed by atoms with Crippen LogP contribution in [0.3, 0.4) is 0 Å². The van der Waals surface area contributed by atoms with Crippen LogP contribution < -0.4 is 16.1 Å². The Morgan fingerprint density at radius 3 is 2.30 bits per heavy atom. The summed E-state index contributed by atoms with van der Waals surface area (Å²) in [6.45, 7) is 8.40. The van der Waals surface area contributed by atoms with Gasteiger partial charge in [0, 0.05) is 24.7 Å². The Morgan fingerprint density at radius 2 is 1.66 bits per heavy atom. The highest BCUT2D eigenvalue weighted by atomic mass is 16.5. The molecule has 0 unspecified atom stereocenters. The first-order chi connectivity index (χ1) is 21.2. The molecule has 3 aromatic carbocycles. The van der Waals surface area contributed by atoms with Gasteiger partial charge in [0.1, 0.15) is 17.2 Å². The molecule has 5 rings (SSSR count). The predicted molar refractivity (Wildman–Crippen MR) is 171 cm³/mol. The lowest BCUT2D eigenvalue weighted by atomic mass is 9.96. The van der Waals surface area contributed by atoms with Crippen LogP contribution >= 0.6 is 0 Å². The van der Waals surface area contributed by atoms with Gasteiger partial charge in [0.2, 0.25) is 0 Å². The minimum atomic E-state index is -0.600. The SMILES string of the molecule is CCCCc1nc(C)n(-c2ccc(OC(C)(C)COC)cc2)c(=O)c1Cc1ccc(-c2ccccc2-c2noc(=O)[nH]2)cc1. The summed E-state index contributed by atoms with van der Waals surface area (Å²) in [5, 5.41) is 3.86. The first-order valence-electron chi connectivity index (χ1n) is 14.8. The molecule has 228 valence electrons. The molecule has 0 aliphatic carbocycles. The van der Waals surface area contributed by atoms with E-state index < -0.39 is 11.4 Å². The second kappa shape index (κ2) is 13.3. The molecular weight excluding hydrogens is 556 g/mol. The van der Waals surface area contributed by atoms with E-state index in [1.807, 2.05) is 93.6 Å². The molecule has 0 bridgehead atoms. The van der Waals surface area contributed by atoms with E-state index in [4.69, 9.17) is 19.0 Å². The molecule has 0 fully saturated rings. The third-order valence-corrected chi connectivity index (χ3v) is 7.45. The van der Waals surface area contributed by atoms with Crippen molar-refractivity contribution in [2.45, 2.75) is 59.0 Å². The Bertz CT molecular complexity index is 1830. The van der Waals surface area contributed by atoms with Gasteiger partial charge in [0.15, 0.2) is 5.82 Å². The summed E-state index contributed by atoms with van der Waals surface area (Å²) >= 11 is 0. The van der Waals surface area contributed by atoms with Crippen molar-refractivity contribution in [2.75, 3.05) is 13.7 Å². The number of hydrogen-bond acceptors (Lipinski definition) is 7. The van der Waals surface area contributed by atoms with E-state index >= 15 is 0 Å². The molecule has 2 aromatic heterocycles. The molecule has 2 heterocycles. The normalized spacial score (nSPS) is 11.6. The molecule has 0 aliphatic rings. The summed E-state index contributed by atoms with van der Waals surface area (Å²) in [6, 6.07) is 23.3. The van der Waals surface area contributed by atoms with Crippen LogP contribution in [0.1, 0.15) is 56.3 Å². The van der Waals surface area contributed by atoms with Gasteiger partial charge < -0.3 is 9.47 Å². The van der Waals surface area contributed by atoms with E-state index in [1.54, 1.807) is 11.7 Å². The number of aryl methyl sites for hydroxylation is 2. The highest BCUT2D eigenvalue weighted by Crippen LogP contribution is 2.30. The Hall–Kier alpha value is -4.76. The van der Waals surface area contributed by atoms with Crippen LogP contribution in [0.5, 0.6) is 5.75 Å². The number of aromatic nitrogens is 4. The Labute approximate surface area is 256 Å². The molecule has 5 aromatic rings. The van der Waals surface area contributed by atoms with Crippen LogP contribution in [-0.2, 0) is 17.6 Å². The topological polar surface area (TPSA) is 112 Å². The number of nitrogens with zero attached hydrogens (tertiary/aromatic N) is 3. The summed E-state index contributed by atoms with van der Waals surface area (Å²) in [7, 11) is 1.65. The molecule has 0 saturated carbocycles. The first-order valence-corrected chi connectivity index (χ1v) is 14.8. The number of unbranched alkanes of at least 4 members (excludes halogenated alkanes) is 1. The second-order valence-electron chi connectivity index (χ2n) is 11.5. The van der Waals surface area contributed by atoms with Gasteiger partial charge in [0.05, 0.1) is 18.0 Å². The van der Waals surface area contributed by atoms with Crippen molar-refractivity contribution in [3.05, 3.63) is 116 Å². The fourth-order valence-corrected chi connectivity index (χ4v) is 5.40. The van der Waals surface area contributed by atoms with Crippen molar-refractivity contribution in [1.29, 1.82) is 0 Å². The van der Waals surface area contributed by atoms with Crippen LogP contribution in [0.25, 0.3) is 28.2 Å². The molecule has 0 amide bonds. The zero-order valence-electron chi connectivity index (χ0n) is 25.8. The standard InChI is InChI=1S/C35H38N4O5/c1-6-7-12-31-30(33(40)39(23(2)36-31)26-17-19-27(20-18-26)43-35(3,4)22-42-5)21-24-13-15-25(16-14-24)28-10-8-9-11-29(28)32-37-34(41)44-38-32/h8-11,13-20H,6-7,12,21-22H2,1-5H3,(H,37,38,41). The Morgan fingerprint density at radius 1 is 0.955 bits per heavy atom. The quantitative estimate of drug-likeness (QED) is 0.181. The molecule has 0 radical (unpaired) electrons. The first kappa shape index (κ1) is 30.7. The molecule has 1 N–H and O–H groups in total. The summed E-state index contributed by atoms with van der Waals surface area (Å²) < 4.78 is 17.7. The molecule has 44 heavy (non-hydrogen) atoms. The monoisotopic (exact) mass is 594 g/mol. The number of rotatable bonds is 12. The Balaban J connectivity index is 1.46. The average molecular weight is 595 g/mol. The Kier molecular flexibility index (Phi) is 9.25. The minimum absolute atomic E-state index is 0.0682. The van der Waals surface area contributed by atoms with Crippen molar-refractivity contribution in [1.82, 2.24) is 19.7 Å². The van der Waals surface area contributed by atoms with Crippen molar-refractivity contribution >= 4 is 0 Å². The van der Waals surface area contributed by atoms with Crippen molar-refractivity contribution in [3.63, 3.8) is 0 Å². The number of H-pyrrole nitrogens is 1. The number of aromatic amines is 1. The lowest BCUT2D eigenvalue weighted by Crippen LogP contribution is -2.33. The van der Waals surface area contributed by atoms with Crippen LogP contribution in [0.4, 0.5) is 0 Å². The van der Waals surface area contributed by atoms with Gasteiger partial charge in [0.25, 0.3) is 5.56 Å². The smallest absolute Gasteiger partial charge is 0.439 e. The maximum Gasteiger partial charge on any atom is 0.439 e. The van der Waals surface area contributed by atoms with Gasteiger partial charge in [-0.05, 0) is 74.6 Å². The lowest BCUT2D eigenvalue weighted by molar-refractivity contribution is 0.0181. The highest BCUT2D eigenvalue weighted by Gasteiger charge is 2.21. The highest BCUT2D eigenvalue weighted by molar-refractivity contribution is 5.80. The fourth-order valence-electron chi connectivity index (χ4n) is 5.40. The van der Waals surface area contributed by atoms with Crippen molar-refractivity contribution < 1.29 is 14.0 Å². The van der Waals surface area contributed by atoms with E-state index in [0.29, 0.717) is 36.0 Å². The van der Waals surface area contributed by atoms with Crippen molar-refractivity contribution in [2.24, 2.45) is 0 Å². The zero-order chi connectivity index (χ0) is 31.3. The fraction of sp³-hybridized carbons (Fsp3) is 0.314. The third-order valence-electron chi connectivity index (χ3n) is 7.45. The third kappa shape index (κ3) is 6.89. The number of methoxy groups -OCH3 is 1. The zero-order valence-corrected chi connectivity index (χ0v) is 25.8. The van der Waals surface area contributed by atoms with Crippen molar-refractivity contribution in [3.8, 4) is 34.0 Å². The van der Waals surface area contributed by atoms with E-state index in [1.165, 1.54) is 0 Å². The minimum Gasteiger partial charge on any atom is -0.485 e. The molecule has 0 atom stereocenters. The largest absolute Gasteiger partial charge is 0.485 e. The number of nitrogens with one attached hydrogen (secondary N) is 1. The summed E-state index contributed by atoms with van der Waals surface area (Å²) in [5.74, 6) is 1.12. The molecule has 0 aliphatic heterocycles. The maximum absolute atomic E-state index is 14.1. The van der Waals surface area contributed by atoms with E-state index in [2.05, 4.69) is 17.1 Å². The molecule has 9 heteroatoms. The summed E-state index contributed by atoms with van der Waals surface area (Å²) in [4.78, 5) is 33.2. The summed E-state index contributed by atoms with van der Waals surface area (Å²) in [5.41, 5.74) is 5.34. The van der Waals surface area contributed by atoms with Gasteiger partial charge in [-0.3, -0.25) is 18.9 Å². The van der Waals surface area contributed by atoms with Gasteiger partial charge in [-0.15, -0.1) is 0 Å². The van der Waals surface area contributed by atoms with Gasteiger partial charge in [-0.2, -0.15) is 0 Å². The maximum atomic E-state index is 14.1. The van der Waals surface area contributed by atoms with E-state index in [0.717, 1.165) is 52.9 Å². The number of ether oxygens (including phenoxy) is 2. The van der Waals surface area contributed by atoms with Gasteiger partial charge >= 0.3 is 5.76 Å². The number of hydrogen-bond donors (Lipinski definition) is 1. The van der Waals surface area contributed by atoms with Gasteiger partial charge in [-0.25, -0.2) is 9.78 Å². The van der Waals surface area contributed by atoms with Crippen LogP contribution in [0.15, 0.2) is 86.9 Å². The molecular formula is C35H38N4O5. The summed E-state index contributed by atoms with van der Waals surface area (Å²) in [6.07, 6.45) is 3.16. The molecule has 0 saturated heterocycles. The van der Waals surface area contributed by atoms with E-state index in [9.17, 15) is 9.59 Å². The van der Waals surface area contributed by atoms with E-state index in [-0.39, 0.29) is 5.56 Å².